The molecule has 0 aliphatic rings. The van der Waals surface area contributed by atoms with Gasteiger partial charge in [-0.05, 0) is 41.5 Å². The average Bonchev–Trinajstić information content (AvgIpc) is 2.26. The van der Waals surface area contributed by atoms with Crippen molar-refractivity contribution < 1.29 is 18.7 Å². The summed E-state index contributed by atoms with van der Waals surface area (Å²) in [5.41, 5.74) is 0.316. The number of aromatic carboxylic acids is 1. The third-order valence-corrected chi connectivity index (χ3v) is 2.61. The van der Waals surface area contributed by atoms with Crippen LogP contribution in [0.2, 0.25) is 5.02 Å². The number of benzene rings is 2. The molecule has 0 unspecified atom stereocenters. The lowest BCUT2D eigenvalue weighted by atomic mass is 10.0. The first-order valence-electron chi connectivity index (χ1n) is 4.96. The highest BCUT2D eigenvalue weighted by atomic mass is 35.5. The number of carboxylic acid groups (broad SMARTS) is 1. The van der Waals surface area contributed by atoms with Crippen molar-refractivity contribution in [1.29, 1.82) is 0 Å². The Balaban J connectivity index is 2.52. The van der Waals surface area contributed by atoms with E-state index < -0.39 is 23.2 Å². The Kier molecular flexibility index (Phi) is 3.30. The minimum Gasteiger partial charge on any atom is -0.478 e. The molecule has 2 aromatic carbocycles. The second-order valence-electron chi connectivity index (χ2n) is 3.66. The van der Waals surface area contributed by atoms with Crippen molar-refractivity contribution in [1.82, 2.24) is 0 Å². The van der Waals surface area contributed by atoms with Gasteiger partial charge in [-0.2, -0.15) is 0 Å². The van der Waals surface area contributed by atoms with E-state index in [2.05, 4.69) is 0 Å². The number of rotatable bonds is 2. The summed E-state index contributed by atoms with van der Waals surface area (Å²) in [4.78, 5) is 10.7. The third kappa shape index (κ3) is 2.49. The normalized spacial score (nSPS) is 10.4. The van der Waals surface area contributed by atoms with Crippen molar-refractivity contribution in [3.8, 4) is 11.1 Å². The van der Waals surface area contributed by atoms with Crippen molar-refractivity contribution in [2.45, 2.75) is 0 Å². The molecule has 0 heterocycles. The van der Waals surface area contributed by atoms with Crippen molar-refractivity contribution >= 4 is 17.6 Å². The minimum atomic E-state index is -1.35. The Morgan fingerprint density at radius 3 is 2.33 bits per heavy atom. The molecular formula is C13H7ClF2O2. The Hall–Kier alpha value is -1.94. The molecule has 0 amide bonds. The van der Waals surface area contributed by atoms with Gasteiger partial charge >= 0.3 is 5.97 Å². The fraction of sp³-hybridized carbons (Fsp3) is 0. The second kappa shape index (κ2) is 4.74. The van der Waals surface area contributed by atoms with E-state index in [-0.39, 0.29) is 5.02 Å². The Labute approximate surface area is 106 Å². The molecule has 0 atom stereocenters. The quantitative estimate of drug-likeness (QED) is 0.894. The van der Waals surface area contributed by atoms with Gasteiger partial charge in [0.15, 0.2) is 0 Å². The zero-order valence-corrected chi connectivity index (χ0v) is 9.71. The zero-order valence-electron chi connectivity index (χ0n) is 8.95. The molecule has 0 saturated heterocycles. The lowest BCUT2D eigenvalue weighted by molar-refractivity contribution is 0.0692. The summed E-state index contributed by atoms with van der Waals surface area (Å²) in [5.74, 6) is -2.77. The molecule has 0 aromatic heterocycles. The summed E-state index contributed by atoms with van der Waals surface area (Å²) in [6.07, 6.45) is 0. The number of hydrogen-bond donors (Lipinski definition) is 1. The van der Waals surface area contributed by atoms with Gasteiger partial charge in [0.05, 0.1) is 5.56 Å². The van der Waals surface area contributed by atoms with Gasteiger partial charge in [-0.3, -0.25) is 0 Å². The molecule has 0 aliphatic carbocycles. The molecule has 0 saturated carbocycles. The molecule has 0 fully saturated rings. The summed E-state index contributed by atoms with van der Waals surface area (Å²) in [6.45, 7) is 0. The SMILES string of the molecule is O=C(O)c1ccc(-c2cc(F)cc(Cl)c2)cc1F. The van der Waals surface area contributed by atoms with Crippen LogP contribution in [0.5, 0.6) is 0 Å². The predicted octanol–water partition coefficient (Wildman–Crippen LogP) is 3.98. The molecule has 18 heavy (non-hydrogen) atoms. The molecule has 0 radical (unpaired) electrons. The highest BCUT2D eigenvalue weighted by molar-refractivity contribution is 6.30. The third-order valence-electron chi connectivity index (χ3n) is 2.40. The molecule has 1 N–H and O–H groups in total. The molecular weight excluding hydrogens is 262 g/mol. The van der Waals surface area contributed by atoms with Crippen LogP contribution in [0.25, 0.3) is 11.1 Å². The van der Waals surface area contributed by atoms with E-state index in [1.165, 1.54) is 18.2 Å². The maximum atomic E-state index is 13.5. The van der Waals surface area contributed by atoms with Crippen LogP contribution in [-0.4, -0.2) is 11.1 Å². The van der Waals surface area contributed by atoms with E-state index in [1.807, 2.05) is 0 Å². The van der Waals surface area contributed by atoms with Crippen molar-refractivity contribution in [2.24, 2.45) is 0 Å². The van der Waals surface area contributed by atoms with Crippen molar-refractivity contribution in [3.63, 3.8) is 0 Å². The van der Waals surface area contributed by atoms with Gasteiger partial charge in [-0.1, -0.05) is 17.7 Å². The standard InChI is InChI=1S/C13H7ClF2O2/c14-9-3-8(4-10(15)6-9)7-1-2-11(13(17)18)12(16)5-7/h1-6H,(H,17,18). The number of carboxylic acids is 1. The first-order chi connectivity index (χ1) is 8.47. The Morgan fingerprint density at radius 1 is 1.06 bits per heavy atom. The van der Waals surface area contributed by atoms with E-state index in [9.17, 15) is 13.6 Å². The Bertz CT molecular complexity index is 606. The smallest absolute Gasteiger partial charge is 0.338 e. The van der Waals surface area contributed by atoms with E-state index in [0.717, 1.165) is 18.2 Å². The van der Waals surface area contributed by atoms with Crippen LogP contribution in [0, 0.1) is 11.6 Å². The van der Waals surface area contributed by atoms with E-state index >= 15 is 0 Å². The monoisotopic (exact) mass is 268 g/mol. The molecule has 92 valence electrons. The lowest BCUT2D eigenvalue weighted by Crippen LogP contribution is -2.00. The predicted molar refractivity (Wildman–Crippen MR) is 63.8 cm³/mol. The highest BCUT2D eigenvalue weighted by Gasteiger charge is 2.11. The number of hydrogen-bond acceptors (Lipinski definition) is 1. The molecule has 0 aliphatic heterocycles. The number of carbonyl (C=O) groups is 1. The van der Waals surface area contributed by atoms with Gasteiger partial charge in [-0.15, -0.1) is 0 Å². The minimum absolute atomic E-state index is 0.188. The first kappa shape index (κ1) is 12.5. The van der Waals surface area contributed by atoms with Gasteiger partial charge in [0.1, 0.15) is 11.6 Å². The molecule has 5 heteroatoms. The van der Waals surface area contributed by atoms with Crippen LogP contribution >= 0.6 is 11.6 Å². The first-order valence-corrected chi connectivity index (χ1v) is 5.34. The molecule has 2 aromatic rings. The van der Waals surface area contributed by atoms with E-state index in [1.54, 1.807) is 0 Å². The fourth-order valence-corrected chi connectivity index (χ4v) is 1.81. The Morgan fingerprint density at radius 2 is 1.78 bits per heavy atom. The zero-order chi connectivity index (χ0) is 13.3. The maximum absolute atomic E-state index is 13.5. The van der Waals surface area contributed by atoms with Gasteiger partial charge in [-0.25, -0.2) is 13.6 Å². The summed E-state index contributed by atoms with van der Waals surface area (Å²) in [7, 11) is 0. The van der Waals surface area contributed by atoms with Gasteiger partial charge in [0.25, 0.3) is 0 Å². The summed E-state index contributed by atoms with van der Waals surface area (Å²) in [5, 5.41) is 8.88. The largest absolute Gasteiger partial charge is 0.478 e. The van der Waals surface area contributed by atoms with Crippen LogP contribution in [0.4, 0.5) is 8.78 Å². The van der Waals surface area contributed by atoms with Crippen LogP contribution < -0.4 is 0 Å². The fourth-order valence-electron chi connectivity index (χ4n) is 1.59. The van der Waals surface area contributed by atoms with Gasteiger partial charge in [0, 0.05) is 5.02 Å². The molecule has 2 nitrogen and oxygen atoms in total. The highest BCUT2D eigenvalue weighted by Crippen LogP contribution is 2.26. The van der Waals surface area contributed by atoms with Crippen molar-refractivity contribution in [3.05, 3.63) is 58.6 Å². The van der Waals surface area contributed by atoms with Gasteiger partial charge in [0.2, 0.25) is 0 Å². The van der Waals surface area contributed by atoms with Crippen molar-refractivity contribution in [2.75, 3.05) is 0 Å². The molecule has 0 bridgehead atoms. The van der Waals surface area contributed by atoms with Crippen LogP contribution in [0.15, 0.2) is 36.4 Å². The van der Waals surface area contributed by atoms with Crippen LogP contribution in [0.3, 0.4) is 0 Å². The topological polar surface area (TPSA) is 37.3 Å². The summed E-state index contributed by atoms with van der Waals surface area (Å²) < 4.78 is 26.6. The second-order valence-corrected chi connectivity index (χ2v) is 4.09. The van der Waals surface area contributed by atoms with E-state index in [0.29, 0.717) is 11.1 Å². The maximum Gasteiger partial charge on any atom is 0.338 e. The molecule has 0 spiro atoms. The van der Waals surface area contributed by atoms with E-state index in [4.69, 9.17) is 16.7 Å². The summed E-state index contributed by atoms with van der Waals surface area (Å²) >= 11 is 5.69. The van der Waals surface area contributed by atoms with Crippen LogP contribution in [-0.2, 0) is 0 Å². The van der Waals surface area contributed by atoms with Crippen LogP contribution in [0.1, 0.15) is 10.4 Å². The van der Waals surface area contributed by atoms with Gasteiger partial charge < -0.3 is 5.11 Å². The average molecular weight is 269 g/mol. The number of halogens is 3. The summed E-state index contributed by atoms with van der Waals surface area (Å²) in [6, 6.07) is 7.37. The molecule has 2 rings (SSSR count). The lowest BCUT2D eigenvalue weighted by Gasteiger charge is -2.05.